The fraction of sp³-hybridized carbons (Fsp3) is 0.735. The van der Waals surface area contributed by atoms with Gasteiger partial charge in [-0.15, -0.1) is 0 Å². The highest BCUT2D eigenvalue weighted by molar-refractivity contribution is 5.80. The predicted octanol–water partition coefficient (Wildman–Crippen LogP) is 6.83. The van der Waals surface area contributed by atoms with E-state index in [1.807, 2.05) is 6.92 Å². The first kappa shape index (κ1) is 38.3. The van der Waals surface area contributed by atoms with E-state index in [-0.39, 0.29) is 0 Å². The molecule has 4 unspecified atom stereocenters. The highest BCUT2D eigenvalue weighted by atomic mass is 16.3. The molecule has 1 amide bonds. The molecule has 0 aromatic carbocycles. The summed E-state index contributed by atoms with van der Waals surface area (Å²) in [6.45, 7) is 3.75. The highest BCUT2D eigenvalue weighted by Crippen LogP contribution is 2.12. The van der Waals surface area contributed by atoms with Crippen LogP contribution in [0.2, 0.25) is 0 Å². The number of aliphatic hydroxyl groups is 4. The maximum Gasteiger partial charge on any atom is 0.249 e. The number of carbonyl (C=O) groups is 1. The number of hydrogen-bond acceptors (Lipinski definition) is 5. The summed E-state index contributed by atoms with van der Waals surface area (Å²) in [5.41, 5.74) is 0. The molecule has 0 aromatic heterocycles. The first-order valence-corrected chi connectivity index (χ1v) is 16.0. The maximum absolute atomic E-state index is 12.3. The average Bonchev–Trinajstić information content (AvgIpc) is 2.96. The zero-order valence-electron chi connectivity index (χ0n) is 25.6. The lowest BCUT2D eigenvalue weighted by Crippen LogP contribution is -2.53. The standard InChI is InChI=1S/C34H61NO5/c1-3-5-7-9-11-13-15-17-19-21-23-25-27-31(37)33(39)30(29-36)35-34(40)32(38)28-26-24-22-20-18-16-14-12-10-8-6-4-2/h3,5,11,13,18-21,30-33,36-39H,4,6-10,12,14-17,22-29H2,1-2H3,(H,35,40)/b5-3+,13-11+,20-18-,21-19+. The van der Waals surface area contributed by atoms with Crippen molar-refractivity contribution in [2.45, 2.75) is 154 Å². The number of aliphatic hydroxyl groups excluding tert-OH is 4. The van der Waals surface area contributed by atoms with E-state index in [0.717, 1.165) is 51.4 Å². The van der Waals surface area contributed by atoms with E-state index in [1.54, 1.807) is 0 Å². The number of nitrogens with one attached hydrogen (secondary N) is 1. The second kappa shape index (κ2) is 28.8. The van der Waals surface area contributed by atoms with Gasteiger partial charge in [-0.2, -0.15) is 0 Å². The van der Waals surface area contributed by atoms with Crippen LogP contribution in [-0.2, 0) is 4.79 Å². The molecule has 0 aliphatic heterocycles. The van der Waals surface area contributed by atoms with Crippen LogP contribution in [0.5, 0.6) is 0 Å². The third-order valence-corrected chi connectivity index (χ3v) is 7.06. The Hall–Kier alpha value is -1.73. The van der Waals surface area contributed by atoms with Crippen LogP contribution < -0.4 is 5.32 Å². The van der Waals surface area contributed by atoms with Gasteiger partial charge in [0.2, 0.25) is 5.91 Å². The van der Waals surface area contributed by atoms with Gasteiger partial charge in [0.05, 0.1) is 18.8 Å². The molecule has 0 fully saturated rings. The van der Waals surface area contributed by atoms with Crippen LogP contribution in [0.25, 0.3) is 0 Å². The Balaban J connectivity index is 4.02. The topological polar surface area (TPSA) is 110 Å². The number of hydrogen-bond donors (Lipinski definition) is 5. The second-order valence-electron chi connectivity index (χ2n) is 10.8. The Kier molecular flexibility index (Phi) is 27.5. The third-order valence-electron chi connectivity index (χ3n) is 7.06. The van der Waals surface area contributed by atoms with Gasteiger partial charge < -0.3 is 25.7 Å². The predicted molar refractivity (Wildman–Crippen MR) is 168 cm³/mol. The Bertz CT molecular complexity index is 688. The zero-order valence-corrected chi connectivity index (χ0v) is 25.6. The van der Waals surface area contributed by atoms with Crippen molar-refractivity contribution in [2.24, 2.45) is 0 Å². The van der Waals surface area contributed by atoms with Gasteiger partial charge >= 0.3 is 0 Å². The van der Waals surface area contributed by atoms with E-state index >= 15 is 0 Å². The number of allylic oxidation sites excluding steroid dienone is 8. The lowest BCUT2D eigenvalue weighted by Gasteiger charge is -2.27. The molecule has 4 atom stereocenters. The van der Waals surface area contributed by atoms with Gasteiger partial charge in [0.15, 0.2) is 0 Å². The van der Waals surface area contributed by atoms with Crippen molar-refractivity contribution < 1.29 is 25.2 Å². The fourth-order valence-corrected chi connectivity index (χ4v) is 4.43. The van der Waals surface area contributed by atoms with Crippen molar-refractivity contribution in [1.29, 1.82) is 0 Å². The average molecular weight is 564 g/mol. The first-order chi connectivity index (χ1) is 19.5. The van der Waals surface area contributed by atoms with Crippen molar-refractivity contribution >= 4 is 5.91 Å². The van der Waals surface area contributed by atoms with E-state index in [4.69, 9.17) is 0 Å². The summed E-state index contributed by atoms with van der Waals surface area (Å²) >= 11 is 0. The van der Waals surface area contributed by atoms with Crippen molar-refractivity contribution in [1.82, 2.24) is 5.32 Å². The van der Waals surface area contributed by atoms with E-state index in [0.29, 0.717) is 25.7 Å². The van der Waals surface area contributed by atoms with Gasteiger partial charge in [-0.25, -0.2) is 0 Å². The summed E-state index contributed by atoms with van der Waals surface area (Å²) < 4.78 is 0. The molecule has 0 radical (unpaired) electrons. The van der Waals surface area contributed by atoms with Gasteiger partial charge in [0.1, 0.15) is 12.2 Å². The second-order valence-corrected chi connectivity index (χ2v) is 10.8. The van der Waals surface area contributed by atoms with Crippen molar-refractivity contribution in [3.8, 4) is 0 Å². The van der Waals surface area contributed by atoms with Crippen LogP contribution in [0.15, 0.2) is 48.6 Å². The molecule has 0 aliphatic carbocycles. The monoisotopic (exact) mass is 563 g/mol. The summed E-state index contributed by atoms with van der Waals surface area (Å²) in [5, 5.41) is 43.1. The number of rotatable bonds is 27. The highest BCUT2D eigenvalue weighted by Gasteiger charge is 2.28. The van der Waals surface area contributed by atoms with Gasteiger partial charge in [0, 0.05) is 0 Å². The quantitative estimate of drug-likeness (QED) is 0.0556. The summed E-state index contributed by atoms with van der Waals surface area (Å²) in [6.07, 6.45) is 31.4. The zero-order chi connectivity index (χ0) is 29.7. The SMILES string of the molecule is C/C=C/CC/C=C/CC/C=C/CCCC(O)C(O)C(CO)NC(=O)C(O)CCCC/C=C\CCCCCCCC. The Morgan fingerprint density at radius 3 is 1.73 bits per heavy atom. The minimum atomic E-state index is -1.30. The van der Waals surface area contributed by atoms with Crippen LogP contribution in [0, 0.1) is 0 Å². The molecule has 0 bridgehead atoms. The molecule has 0 aromatic rings. The van der Waals surface area contributed by atoms with E-state index in [1.165, 1.54) is 38.5 Å². The molecule has 40 heavy (non-hydrogen) atoms. The molecule has 0 aliphatic rings. The fourth-order valence-electron chi connectivity index (χ4n) is 4.43. The first-order valence-electron chi connectivity index (χ1n) is 16.0. The van der Waals surface area contributed by atoms with Crippen LogP contribution in [0.3, 0.4) is 0 Å². The molecule has 0 saturated heterocycles. The van der Waals surface area contributed by atoms with Gasteiger partial charge in [-0.1, -0.05) is 94.1 Å². The number of unbranched alkanes of at least 4 members (excludes halogenated alkanes) is 11. The Morgan fingerprint density at radius 1 is 0.650 bits per heavy atom. The molecule has 6 heteroatoms. The minimum absolute atomic E-state index is 0.326. The summed E-state index contributed by atoms with van der Waals surface area (Å²) in [4.78, 5) is 12.3. The Labute approximate surface area is 245 Å². The molecule has 0 heterocycles. The normalized spacial score (nSPS) is 15.4. The van der Waals surface area contributed by atoms with E-state index < -0.39 is 36.9 Å². The van der Waals surface area contributed by atoms with E-state index in [9.17, 15) is 25.2 Å². The van der Waals surface area contributed by atoms with Crippen molar-refractivity contribution in [2.75, 3.05) is 6.61 Å². The molecule has 5 N–H and O–H groups in total. The molecule has 232 valence electrons. The van der Waals surface area contributed by atoms with Crippen molar-refractivity contribution in [3.63, 3.8) is 0 Å². The largest absolute Gasteiger partial charge is 0.394 e. The maximum atomic E-state index is 12.3. The summed E-state index contributed by atoms with van der Waals surface area (Å²) in [7, 11) is 0. The molecule has 0 saturated carbocycles. The van der Waals surface area contributed by atoms with Crippen LogP contribution >= 0.6 is 0 Å². The van der Waals surface area contributed by atoms with Crippen LogP contribution in [-0.4, -0.2) is 57.3 Å². The molecular weight excluding hydrogens is 502 g/mol. The summed E-state index contributed by atoms with van der Waals surface area (Å²) in [5.74, 6) is -0.622. The molecule has 0 spiro atoms. The van der Waals surface area contributed by atoms with Gasteiger partial charge in [0.25, 0.3) is 0 Å². The molecule has 0 rings (SSSR count). The van der Waals surface area contributed by atoms with Gasteiger partial charge in [-0.05, 0) is 84.0 Å². The van der Waals surface area contributed by atoms with Crippen molar-refractivity contribution in [3.05, 3.63) is 48.6 Å². The smallest absolute Gasteiger partial charge is 0.249 e. The van der Waals surface area contributed by atoms with Crippen LogP contribution in [0.1, 0.15) is 129 Å². The number of carbonyl (C=O) groups excluding carboxylic acids is 1. The number of amides is 1. The van der Waals surface area contributed by atoms with Crippen LogP contribution in [0.4, 0.5) is 0 Å². The minimum Gasteiger partial charge on any atom is -0.394 e. The molecule has 6 nitrogen and oxygen atoms in total. The lowest BCUT2D eigenvalue weighted by atomic mass is 10.00. The lowest BCUT2D eigenvalue weighted by molar-refractivity contribution is -0.132. The Morgan fingerprint density at radius 2 is 1.15 bits per heavy atom. The van der Waals surface area contributed by atoms with E-state index in [2.05, 4.69) is 60.8 Å². The van der Waals surface area contributed by atoms with Gasteiger partial charge in [-0.3, -0.25) is 4.79 Å². The summed E-state index contributed by atoms with van der Waals surface area (Å²) in [6, 6.07) is -1.02. The third kappa shape index (κ3) is 23.0. The molecular formula is C34H61NO5.